The number of hydrogen-bond donors (Lipinski definition) is 3. The van der Waals surface area contributed by atoms with E-state index in [2.05, 4.69) is 5.32 Å². The summed E-state index contributed by atoms with van der Waals surface area (Å²) in [6.07, 6.45) is -1.96. The lowest BCUT2D eigenvalue weighted by atomic mass is 9.87. The predicted octanol–water partition coefficient (Wildman–Crippen LogP) is 0.956. The number of Topliss-reactive ketones (excluding diaryl/α,β-unsaturated/α-hetero) is 1. The van der Waals surface area contributed by atoms with Crippen LogP contribution in [-0.4, -0.2) is 40.3 Å². The van der Waals surface area contributed by atoms with Gasteiger partial charge in [0.25, 0.3) is 0 Å². The number of carbonyl (C=O) groups excluding carboxylic acids is 1. The van der Waals surface area contributed by atoms with Crippen molar-refractivity contribution in [2.24, 2.45) is 11.8 Å². The first kappa shape index (κ1) is 16.6. The van der Waals surface area contributed by atoms with Crippen LogP contribution in [-0.2, 0) is 4.79 Å². The molecule has 0 aliphatic carbocycles. The molecule has 0 saturated carbocycles. The van der Waals surface area contributed by atoms with Gasteiger partial charge in [-0.25, -0.2) is 0 Å². The molecule has 4 unspecified atom stereocenters. The highest BCUT2D eigenvalue weighted by molar-refractivity contribution is 5.83. The molecule has 0 radical (unpaired) electrons. The molecule has 3 N–H and O–H groups in total. The lowest BCUT2D eigenvalue weighted by Gasteiger charge is -2.30. The van der Waals surface area contributed by atoms with Gasteiger partial charge in [-0.05, 0) is 6.92 Å². The summed E-state index contributed by atoms with van der Waals surface area (Å²) in [6.45, 7) is 11.0. The molecule has 0 rings (SSSR count). The first-order valence-corrected chi connectivity index (χ1v) is 6.34. The van der Waals surface area contributed by atoms with Gasteiger partial charge in [0.1, 0.15) is 5.78 Å². The van der Waals surface area contributed by atoms with Gasteiger partial charge in [-0.3, -0.25) is 4.79 Å². The van der Waals surface area contributed by atoms with Crippen LogP contribution in [0.25, 0.3) is 0 Å². The van der Waals surface area contributed by atoms with Crippen molar-refractivity contribution in [1.29, 1.82) is 0 Å². The van der Waals surface area contributed by atoms with E-state index < -0.39 is 18.1 Å². The normalized spacial score (nSPS) is 19.2. The second-order valence-corrected chi connectivity index (χ2v) is 5.44. The Balaban J connectivity index is 4.47. The largest absolute Gasteiger partial charge is 0.390 e. The van der Waals surface area contributed by atoms with E-state index in [1.807, 2.05) is 13.8 Å². The molecule has 0 saturated heterocycles. The van der Waals surface area contributed by atoms with Crippen molar-refractivity contribution in [3.63, 3.8) is 0 Å². The van der Waals surface area contributed by atoms with Crippen molar-refractivity contribution in [2.45, 2.75) is 65.8 Å². The predicted molar refractivity (Wildman–Crippen MR) is 68.8 cm³/mol. The molecule has 0 aromatic carbocycles. The minimum atomic E-state index is -1.02. The molecule has 17 heavy (non-hydrogen) atoms. The topological polar surface area (TPSA) is 69.6 Å². The van der Waals surface area contributed by atoms with Gasteiger partial charge in [-0.1, -0.05) is 34.6 Å². The third-order valence-corrected chi connectivity index (χ3v) is 2.99. The Morgan fingerprint density at radius 3 is 1.76 bits per heavy atom. The molecule has 0 aromatic rings. The van der Waals surface area contributed by atoms with Gasteiger partial charge < -0.3 is 15.5 Å². The van der Waals surface area contributed by atoms with E-state index in [-0.39, 0.29) is 23.8 Å². The van der Waals surface area contributed by atoms with E-state index >= 15 is 0 Å². The standard InChI is InChI=1S/C13H27NO3/c1-7(2)11(15)9(5)12(16)13(17)10(6)14-8(3)4/h7-10,12-14,16-17H,1-6H3. The molecule has 0 aliphatic rings. The lowest BCUT2D eigenvalue weighted by molar-refractivity contribution is -0.132. The maximum Gasteiger partial charge on any atom is 0.140 e. The van der Waals surface area contributed by atoms with Gasteiger partial charge in [0, 0.05) is 23.9 Å². The van der Waals surface area contributed by atoms with Gasteiger partial charge in [0.15, 0.2) is 0 Å². The van der Waals surface area contributed by atoms with E-state index in [4.69, 9.17) is 0 Å². The van der Waals surface area contributed by atoms with Crippen molar-refractivity contribution in [3.05, 3.63) is 0 Å². The molecule has 4 heteroatoms. The highest BCUT2D eigenvalue weighted by atomic mass is 16.3. The van der Waals surface area contributed by atoms with Crippen molar-refractivity contribution < 1.29 is 15.0 Å². The summed E-state index contributed by atoms with van der Waals surface area (Å²) < 4.78 is 0. The molecule has 0 bridgehead atoms. The minimum absolute atomic E-state index is 0.0201. The zero-order valence-corrected chi connectivity index (χ0v) is 11.8. The quantitative estimate of drug-likeness (QED) is 0.625. The Labute approximate surface area is 104 Å². The number of rotatable bonds is 7. The smallest absolute Gasteiger partial charge is 0.140 e. The van der Waals surface area contributed by atoms with E-state index in [1.54, 1.807) is 27.7 Å². The zero-order valence-electron chi connectivity index (χ0n) is 11.8. The molecule has 0 heterocycles. The van der Waals surface area contributed by atoms with Crippen LogP contribution < -0.4 is 5.32 Å². The van der Waals surface area contributed by atoms with E-state index in [9.17, 15) is 15.0 Å². The number of aliphatic hydroxyl groups excluding tert-OH is 2. The average Bonchev–Trinajstić information content (AvgIpc) is 2.23. The first-order chi connectivity index (χ1) is 7.68. The van der Waals surface area contributed by atoms with Crippen molar-refractivity contribution in [2.75, 3.05) is 0 Å². The maximum atomic E-state index is 11.7. The van der Waals surface area contributed by atoms with Crippen LogP contribution in [0.3, 0.4) is 0 Å². The number of hydrogen-bond acceptors (Lipinski definition) is 4. The van der Waals surface area contributed by atoms with Crippen molar-refractivity contribution >= 4 is 5.78 Å². The number of ketones is 1. The molecule has 0 fully saturated rings. The Morgan fingerprint density at radius 2 is 1.41 bits per heavy atom. The van der Waals surface area contributed by atoms with E-state index in [0.717, 1.165) is 0 Å². The SMILES string of the molecule is CC(C)NC(C)C(O)C(O)C(C)C(=O)C(C)C. The molecule has 0 aliphatic heterocycles. The Kier molecular flexibility index (Phi) is 6.90. The maximum absolute atomic E-state index is 11.7. The second kappa shape index (κ2) is 7.09. The summed E-state index contributed by atoms with van der Waals surface area (Å²) in [5.74, 6) is -0.685. The Bertz CT molecular complexity index is 241. The van der Waals surface area contributed by atoms with Crippen molar-refractivity contribution in [3.8, 4) is 0 Å². The summed E-state index contributed by atoms with van der Waals surface area (Å²) in [4.78, 5) is 11.7. The highest BCUT2D eigenvalue weighted by Crippen LogP contribution is 2.15. The first-order valence-electron chi connectivity index (χ1n) is 6.34. The third kappa shape index (κ3) is 5.15. The molecule has 102 valence electrons. The number of nitrogens with one attached hydrogen (secondary N) is 1. The number of aliphatic hydroxyl groups is 2. The summed E-state index contributed by atoms with van der Waals surface area (Å²) in [7, 11) is 0. The van der Waals surface area contributed by atoms with Gasteiger partial charge in [-0.2, -0.15) is 0 Å². The van der Waals surface area contributed by atoms with Crippen molar-refractivity contribution in [1.82, 2.24) is 5.32 Å². The fourth-order valence-corrected chi connectivity index (χ4v) is 1.91. The Morgan fingerprint density at radius 1 is 0.941 bits per heavy atom. The summed E-state index contributed by atoms with van der Waals surface area (Å²) in [5, 5.41) is 23.1. The summed E-state index contributed by atoms with van der Waals surface area (Å²) in [6, 6.07) is -0.0182. The molecule has 4 atom stereocenters. The third-order valence-electron chi connectivity index (χ3n) is 2.99. The van der Waals surface area contributed by atoms with Crippen LogP contribution in [0.1, 0.15) is 41.5 Å². The van der Waals surface area contributed by atoms with E-state index in [1.165, 1.54) is 0 Å². The van der Waals surface area contributed by atoms with Gasteiger partial charge in [0.2, 0.25) is 0 Å². The van der Waals surface area contributed by atoms with Crippen LogP contribution in [0.15, 0.2) is 0 Å². The fraction of sp³-hybridized carbons (Fsp3) is 0.923. The van der Waals surface area contributed by atoms with Crippen LogP contribution >= 0.6 is 0 Å². The molecule has 0 aromatic heterocycles. The minimum Gasteiger partial charge on any atom is -0.390 e. The number of carbonyl (C=O) groups is 1. The molecular weight excluding hydrogens is 218 g/mol. The zero-order chi connectivity index (χ0) is 13.7. The average molecular weight is 245 g/mol. The van der Waals surface area contributed by atoms with Crippen LogP contribution in [0.5, 0.6) is 0 Å². The monoisotopic (exact) mass is 245 g/mol. The van der Waals surface area contributed by atoms with Crippen LogP contribution in [0.4, 0.5) is 0 Å². The highest BCUT2D eigenvalue weighted by Gasteiger charge is 2.32. The Hall–Kier alpha value is -0.450. The molecule has 0 amide bonds. The van der Waals surface area contributed by atoms with Gasteiger partial charge >= 0.3 is 0 Å². The van der Waals surface area contributed by atoms with Crippen LogP contribution in [0.2, 0.25) is 0 Å². The van der Waals surface area contributed by atoms with Crippen LogP contribution in [0, 0.1) is 11.8 Å². The molecule has 0 spiro atoms. The molecule has 4 nitrogen and oxygen atoms in total. The lowest BCUT2D eigenvalue weighted by Crippen LogP contribution is -2.50. The van der Waals surface area contributed by atoms with Gasteiger partial charge in [-0.15, -0.1) is 0 Å². The van der Waals surface area contributed by atoms with E-state index in [0.29, 0.717) is 0 Å². The fourth-order valence-electron chi connectivity index (χ4n) is 1.91. The summed E-state index contributed by atoms with van der Waals surface area (Å²) in [5.41, 5.74) is 0. The van der Waals surface area contributed by atoms with Gasteiger partial charge in [0.05, 0.1) is 12.2 Å². The summed E-state index contributed by atoms with van der Waals surface area (Å²) >= 11 is 0. The second-order valence-electron chi connectivity index (χ2n) is 5.44. The molecular formula is C13H27NO3.